The molecule has 0 unspecified atom stereocenters. The first-order valence-electron chi connectivity index (χ1n) is 8.75. The van der Waals surface area contributed by atoms with Crippen LogP contribution in [0.15, 0.2) is 34.8 Å². The van der Waals surface area contributed by atoms with Crippen LogP contribution >= 0.6 is 0 Å². The van der Waals surface area contributed by atoms with Crippen LogP contribution in [0.1, 0.15) is 29.4 Å². The minimum absolute atomic E-state index is 0.174. The lowest BCUT2D eigenvalue weighted by molar-refractivity contribution is -0.111. The number of benzene rings is 2. The van der Waals surface area contributed by atoms with Crippen molar-refractivity contribution in [1.29, 1.82) is 0 Å². The minimum atomic E-state index is -1.02. The van der Waals surface area contributed by atoms with Crippen molar-refractivity contribution in [2.24, 2.45) is 0 Å². The van der Waals surface area contributed by atoms with E-state index in [1.165, 1.54) is 12.1 Å². The van der Waals surface area contributed by atoms with Crippen molar-refractivity contribution < 1.29 is 22.7 Å². The zero-order valence-corrected chi connectivity index (χ0v) is 16.4. The number of halogens is 2. The van der Waals surface area contributed by atoms with Gasteiger partial charge in [-0.15, -0.1) is 0 Å². The number of methoxy groups -OCH3 is 1. The number of fused-ring (bicyclic) bond motifs is 1. The van der Waals surface area contributed by atoms with Crippen LogP contribution in [0.2, 0.25) is 0 Å². The highest BCUT2D eigenvalue weighted by Gasteiger charge is 2.18. The summed E-state index contributed by atoms with van der Waals surface area (Å²) in [5.74, 6) is -0.995. The minimum Gasteiger partial charge on any atom is -0.496 e. The lowest BCUT2D eigenvalue weighted by Gasteiger charge is -2.13. The second-order valence-corrected chi connectivity index (χ2v) is 6.69. The van der Waals surface area contributed by atoms with E-state index < -0.39 is 17.5 Å². The Morgan fingerprint density at radius 1 is 1.11 bits per heavy atom. The molecule has 3 rings (SSSR count). The van der Waals surface area contributed by atoms with E-state index in [1.54, 1.807) is 14.0 Å². The summed E-state index contributed by atoms with van der Waals surface area (Å²) in [5, 5.41) is 3.49. The van der Waals surface area contributed by atoms with Crippen molar-refractivity contribution in [3.63, 3.8) is 0 Å². The Kier molecular flexibility index (Phi) is 5.23. The number of amides is 1. The second kappa shape index (κ2) is 7.46. The molecule has 0 saturated heterocycles. The number of carbonyl (C=O) groups is 1. The third-order valence-electron chi connectivity index (χ3n) is 4.81. The Morgan fingerprint density at radius 2 is 1.82 bits per heavy atom. The first-order valence-corrected chi connectivity index (χ1v) is 8.75. The monoisotopic (exact) mass is 385 g/mol. The van der Waals surface area contributed by atoms with Gasteiger partial charge in [0, 0.05) is 34.3 Å². The van der Waals surface area contributed by atoms with Crippen molar-refractivity contribution in [1.82, 2.24) is 0 Å². The normalized spacial score (nSPS) is 11.8. The lowest BCUT2D eigenvalue weighted by Crippen LogP contribution is -2.09. The highest BCUT2D eigenvalue weighted by molar-refractivity contribution is 6.05. The summed E-state index contributed by atoms with van der Waals surface area (Å²) in [6.45, 7) is 7.57. The van der Waals surface area contributed by atoms with Crippen molar-refractivity contribution in [2.75, 3.05) is 12.4 Å². The first-order chi connectivity index (χ1) is 13.2. The van der Waals surface area contributed by atoms with Crippen molar-refractivity contribution in [3.05, 3.63) is 64.4 Å². The van der Waals surface area contributed by atoms with E-state index in [0.717, 1.165) is 45.6 Å². The maximum Gasteiger partial charge on any atom is 0.248 e. The standard InChI is InChI=1S/C22H21F2NO3/c1-11(8-20(26)25-15-6-7-18(23)19(24)9-15)16-10-17-12(2)14(4)28-22(17)13(3)21(16)27-5/h6-10H,1-5H3,(H,25,26)/b11-8+. The van der Waals surface area contributed by atoms with E-state index in [0.29, 0.717) is 11.3 Å². The average molecular weight is 385 g/mol. The lowest BCUT2D eigenvalue weighted by atomic mass is 9.98. The molecule has 0 radical (unpaired) electrons. The number of nitrogens with one attached hydrogen (secondary N) is 1. The summed E-state index contributed by atoms with van der Waals surface area (Å²) in [4.78, 5) is 12.3. The van der Waals surface area contributed by atoms with Crippen LogP contribution in [0.3, 0.4) is 0 Å². The predicted octanol–water partition coefficient (Wildman–Crippen LogP) is 5.69. The first kappa shape index (κ1) is 19.6. The van der Waals surface area contributed by atoms with Crippen LogP contribution in [0.5, 0.6) is 5.75 Å². The molecule has 0 aliphatic rings. The summed E-state index contributed by atoms with van der Waals surface area (Å²) < 4.78 is 37.8. The highest BCUT2D eigenvalue weighted by Crippen LogP contribution is 2.38. The summed E-state index contributed by atoms with van der Waals surface area (Å²) in [5.41, 5.74) is 4.24. The van der Waals surface area contributed by atoms with Crippen LogP contribution in [0, 0.1) is 32.4 Å². The van der Waals surface area contributed by atoms with Gasteiger partial charge in [0.1, 0.15) is 17.1 Å². The van der Waals surface area contributed by atoms with Gasteiger partial charge in [-0.05, 0) is 57.0 Å². The molecule has 1 aromatic heterocycles. The van der Waals surface area contributed by atoms with Crippen LogP contribution in [-0.2, 0) is 4.79 Å². The average Bonchev–Trinajstić information content (AvgIpc) is 2.93. The Balaban J connectivity index is 1.99. The third-order valence-corrected chi connectivity index (χ3v) is 4.81. The smallest absolute Gasteiger partial charge is 0.248 e. The molecule has 6 heteroatoms. The number of aryl methyl sites for hydroxylation is 3. The van der Waals surface area contributed by atoms with Crippen molar-refractivity contribution >= 4 is 28.1 Å². The molecule has 1 heterocycles. The van der Waals surface area contributed by atoms with E-state index >= 15 is 0 Å². The molecular formula is C22H21F2NO3. The molecular weight excluding hydrogens is 364 g/mol. The Labute approximate surface area is 161 Å². The summed E-state index contributed by atoms with van der Waals surface area (Å²) in [7, 11) is 1.56. The van der Waals surface area contributed by atoms with Crippen molar-refractivity contribution in [3.8, 4) is 5.75 Å². The number of anilines is 1. The molecule has 0 spiro atoms. The maximum atomic E-state index is 13.3. The van der Waals surface area contributed by atoms with Gasteiger partial charge in [0.25, 0.3) is 0 Å². The summed E-state index contributed by atoms with van der Waals surface area (Å²) >= 11 is 0. The predicted molar refractivity (Wildman–Crippen MR) is 106 cm³/mol. The molecule has 0 aliphatic heterocycles. The van der Waals surface area contributed by atoms with Gasteiger partial charge in [0.15, 0.2) is 11.6 Å². The highest BCUT2D eigenvalue weighted by atomic mass is 19.2. The summed E-state index contributed by atoms with van der Waals surface area (Å²) in [6, 6.07) is 5.13. The topological polar surface area (TPSA) is 51.5 Å². The fourth-order valence-electron chi connectivity index (χ4n) is 3.19. The molecule has 146 valence electrons. The van der Waals surface area contributed by atoms with Gasteiger partial charge >= 0.3 is 0 Å². The zero-order valence-electron chi connectivity index (χ0n) is 16.4. The zero-order chi connectivity index (χ0) is 20.6. The number of hydrogen-bond donors (Lipinski definition) is 1. The van der Waals surface area contributed by atoms with Crippen molar-refractivity contribution in [2.45, 2.75) is 27.7 Å². The molecule has 3 aromatic rings. The molecule has 4 nitrogen and oxygen atoms in total. The van der Waals surface area contributed by atoms with Crippen LogP contribution in [0.4, 0.5) is 14.5 Å². The number of ether oxygens (including phenoxy) is 1. The quantitative estimate of drug-likeness (QED) is 0.587. The molecule has 1 amide bonds. The Morgan fingerprint density at radius 3 is 2.46 bits per heavy atom. The fraction of sp³-hybridized carbons (Fsp3) is 0.227. The number of allylic oxidation sites excluding steroid dienone is 1. The van der Waals surface area contributed by atoms with Gasteiger partial charge in [-0.25, -0.2) is 8.78 Å². The van der Waals surface area contributed by atoms with E-state index in [2.05, 4.69) is 5.32 Å². The third kappa shape index (κ3) is 3.50. The van der Waals surface area contributed by atoms with Crippen LogP contribution in [-0.4, -0.2) is 13.0 Å². The van der Waals surface area contributed by atoms with Gasteiger partial charge in [-0.3, -0.25) is 4.79 Å². The fourth-order valence-corrected chi connectivity index (χ4v) is 3.19. The summed E-state index contributed by atoms with van der Waals surface area (Å²) in [6.07, 6.45) is 1.40. The van der Waals surface area contributed by atoms with Crippen LogP contribution in [0.25, 0.3) is 16.5 Å². The van der Waals surface area contributed by atoms with Crippen LogP contribution < -0.4 is 10.1 Å². The van der Waals surface area contributed by atoms with E-state index in [9.17, 15) is 13.6 Å². The molecule has 2 aromatic carbocycles. The molecule has 0 fully saturated rings. The Hall–Kier alpha value is -3.15. The molecule has 1 N–H and O–H groups in total. The largest absolute Gasteiger partial charge is 0.496 e. The molecule has 0 atom stereocenters. The Bertz CT molecular complexity index is 1110. The van der Waals surface area contributed by atoms with Gasteiger partial charge in [0.2, 0.25) is 5.91 Å². The number of hydrogen-bond acceptors (Lipinski definition) is 3. The van der Waals surface area contributed by atoms with Gasteiger partial charge in [-0.1, -0.05) is 0 Å². The van der Waals surface area contributed by atoms with Gasteiger partial charge in [0.05, 0.1) is 7.11 Å². The molecule has 28 heavy (non-hydrogen) atoms. The molecule has 0 aliphatic carbocycles. The van der Waals surface area contributed by atoms with E-state index in [1.807, 2.05) is 26.8 Å². The number of carbonyl (C=O) groups excluding carboxylic acids is 1. The second-order valence-electron chi connectivity index (χ2n) is 6.69. The maximum absolute atomic E-state index is 13.3. The SMILES string of the molecule is COc1c(/C(C)=C/C(=O)Nc2ccc(F)c(F)c2)cc2c(C)c(C)oc2c1C. The van der Waals surface area contributed by atoms with E-state index in [4.69, 9.17) is 9.15 Å². The van der Waals surface area contributed by atoms with E-state index in [-0.39, 0.29) is 5.69 Å². The number of furan rings is 1. The number of rotatable bonds is 4. The molecule has 0 bridgehead atoms. The van der Waals surface area contributed by atoms with Gasteiger partial charge in [-0.2, -0.15) is 0 Å². The molecule has 0 saturated carbocycles. The van der Waals surface area contributed by atoms with Gasteiger partial charge < -0.3 is 14.5 Å².